The fraction of sp³-hybridized carbons (Fsp3) is 0.238. The molecule has 1 aromatic heterocycles. The van der Waals surface area contributed by atoms with Gasteiger partial charge in [-0.05, 0) is 55.8 Å². The molecule has 0 saturated carbocycles. The van der Waals surface area contributed by atoms with E-state index in [4.69, 9.17) is 11.6 Å². The molecule has 1 amide bonds. The quantitative estimate of drug-likeness (QED) is 0.680. The molecule has 0 saturated heterocycles. The second kappa shape index (κ2) is 6.61. The van der Waals surface area contributed by atoms with Gasteiger partial charge >= 0.3 is 0 Å². The van der Waals surface area contributed by atoms with E-state index in [9.17, 15) is 4.79 Å². The molecule has 0 fully saturated rings. The molecule has 5 heteroatoms. The van der Waals surface area contributed by atoms with Gasteiger partial charge in [0, 0.05) is 46.5 Å². The van der Waals surface area contributed by atoms with Crippen molar-refractivity contribution in [2.45, 2.75) is 32.4 Å². The highest BCUT2D eigenvalue weighted by molar-refractivity contribution is 6.30. The van der Waals surface area contributed by atoms with Crippen molar-refractivity contribution in [2.75, 3.05) is 10.2 Å². The molecule has 1 aliphatic heterocycles. The average Bonchev–Trinajstić information content (AvgIpc) is 2.62. The summed E-state index contributed by atoms with van der Waals surface area (Å²) in [6.45, 7) is 3.72. The van der Waals surface area contributed by atoms with Gasteiger partial charge in [-0.1, -0.05) is 17.7 Å². The van der Waals surface area contributed by atoms with Gasteiger partial charge in [-0.15, -0.1) is 0 Å². The van der Waals surface area contributed by atoms with Crippen LogP contribution < -0.4 is 10.2 Å². The number of carbonyl (C=O) groups excluding carboxylic acids is 1. The lowest BCUT2D eigenvalue weighted by Crippen LogP contribution is -2.43. The van der Waals surface area contributed by atoms with Crippen molar-refractivity contribution >= 4 is 39.8 Å². The second-order valence-electron chi connectivity index (χ2n) is 6.75. The summed E-state index contributed by atoms with van der Waals surface area (Å²) in [6.07, 6.45) is 2.62. The predicted octanol–water partition coefficient (Wildman–Crippen LogP) is 5.19. The van der Waals surface area contributed by atoms with Crippen molar-refractivity contribution in [3.05, 3.63) is 65.3 Å². The Hall–Kier alpha value is -2.59. The summed E-state index contributed by atoms with van der Waals surface area (Å²) in [6, 6.07) is 15.9. The fourth-order valence-electron chi connectivity index (χ4n) is 3.90. The molecule has 132 valence electrons. The number of carbonyl (C=O) groups is 1. The SMILES string of the molecule is CC(=O)N1c2ccc3ncccc3c2C(Nc2ccc(Cl)cc2)CC1C. The maximum absolute atomic E-state index is 12.3. The van der Waals surface area contributed by atoms with E-state index in [0.29, 0.717) is 5.02 Å². The first-order chi connectivity index (χ1) is 12.5. The van der Waals surface area contributed by atoms with E-state index in [1.165, 1.54) is 0 Å². The van der Waals surface area contributed by atoms with Crippen LogP contribution in [0.15, 0.2) is 54.7 Å². The second-order valence-corrected chi connectivity index (χ2v) is 7.18. The summed E-state index contributed by atoms with van der Waals surface area (Å²) < 4.78 is 0. The van der Waals surface area contributed by atoms with Gasteiger partial charge in [0.25, 0.3) is 0 Å². The molecular formula is C21H20ClN3O. The van der Waals surface area contributed by atoms with E-state index in [2.05, 4.69) is 23.3 Å². The molecule has 4 rings (SSSR count). The molecule has 2 unspecified atom stereocenters. The molecule has 1 aliphatic rings. The maximum atomic E-state index is 12.3. The highest BCUT2D eigenvalue weighted by Gasteiger charge is 2.33. The number of benzene rings is 2. The lowest BCUT2D eigenvalue weighted by molar-refractivity contribution is -0.117. The fourth-order valence-corrected chi connectivity index (χ4v) is 4.03. The minimum absolute atomic E-state index is 0.0620. The Morgan fingerprint density at radius 3 is 2.69 bits per heavy atom. The van der Waals surface area contributed by atoms with Gasteiger partial charge in [-0.3, -0.25) is 9.78 Å². The van der Waals surface area contributed by atoms with Gasteiger partial charge < -0.3 is 10.2 Å². The molecule has 0 aliphatic carbocycles. The number of anilines is 2. The third-order valence-electron chi connectivity index (χ3n) is 4.95. The normalized spacial score (nSPS) is 19.3. The minimum Gasteiger partial charge on any atom is -0.378 e. The number of hydrogen-bond acceptors (Lipinski definition) is 3. The lowest BCUT2D eigenvalue weighted by atomic mass is 9.88. The van der Waals surface area contributed by atoms with E-state index in [1.54, 1.807) is 13.1 Å². The van der Waals surface area contributed by atoms with Crippen LogP contribution in [0, 0.1) is 0 Å². The number of pyridine rings is 1. The number of amides is 1. The first-order valence-corrected chi connectivity index (χ1v) is 9.12. The first-order valence-electron chi connectivity index (χ1n) is 8.74. The Kier molecular flexibility index (Phi) is 4.29. The Labute approximate surface area is 157 Å². The van der Waals surface area contributed by atoms with Crippen molar-refractivity contribution in [3.63, 3.8) is 0 Å². The van der Waals surface area contributed by atoms with Crippen molar-refractivity contribution in [1.82, 2.24) is 4.98 Å². The number of fused-ring (bicyclic) bond motifs is 3. The third-order valence-corrected chi connectivity index (χ3v) is 5.21. The summed E-state index contributed by atoms with van der Waals surface area (Å²) in [7, 11) is 0. The molecule has 0 spiro atoms. The van der Waals surface area contributed by atoms with E-state index in [-0.39, 0.29) is 18.0 Å². The number of nitrogens with zero attached hydrogens (tertiary/aromatic N) is 2. The monoisotopic (exact) mass is 365 g/mol. The number of rotatable bonds is 2. The van der Waals surface area contributed by atoms with Crippen molar-refractivity contribution in [1.29, 1.82) is 0 Å². The van der Waals surface area contributed by atoms with Crippen molar-refractivity contribution < 1.29 is 4.79 Å². The first kappa shape index (κ1) is 16.9. The Bertz CT molecular complexity index is 971. The number of nitrogens with one attached hydrogen (secondary N) is 1. The van der Waals surface area contributed by atoms with Crippen LogP contribution in [0.3, 0.4) is 0 Å². The molecule has 2 atom stereocenters. The average molecular weight is 366 g/mol. The van der Waals surface area contributed by atoms with Crippen LogP contribution in [0.4, 0.5) is 11.4 Å². The molecule has 2 heterocycles. The number of hydrogen-bond donors (Lipinski definition) is 1. The van der Waals surface area contributed by atoms with Crippen LogP contribution in [0.2, 0.25) is 5.02 Å². The van der Waals surface area contributed by atoms with Crippen molar-refractivity contribution in [3.8, 4) is 0 Å². The van der Waals surface area contributed by atoms with Crippen LogP contribution in [0.1, 0.15) is 31.9 Å². The van der Waals surface area contributed by atoms with Gasteiger partial charge in [0.05, 0.1) is 11.6 Å². The van der Waals surface area contributed by atoms with Gasteiger partial charge in [-0.2, -0.15) is 0 Å². The molecule has 3 aromatic rings. The highest BCUT2D eigenvalue weighted by Crippen LogP contribution is 2.42. The topological polar surface area (TPSA) is 45.2 Å². The van der Waals surface area contributed by atoms with Crippen LogP contribution >= 0.6 is 11.6 Å². The zero-order valence-electron chi connectivity index (χ0n) is 14.7. The van der Waals surface area contributed by atoms with Gasteiger partial charge in [0.2, 0.25) is 5.91 Å². The zero-order chi connectivity index (χ0) is 18.3. The van der Waals surface area contributed by atoms with Gasteiger partial charge in [0.1, 0.15) is 0 Å². The van der Waals surface area contributed by atoms with Crippen LogP contribution in [-0.2, 0) is 4.79 Å². The minimum atomic E-state index is 0.0620. The predicted molar refractivity (Wildman–Crippen MR) is 107 cm³/mol. The zero-order valence-corrected chi connectivity index (χ0v) is 15.5. The summed E-state index contributed by atoms with van der Waals surface area (Å²) in [5.41, 5.74) is 4.03. The summed E-state index contributed by atoms with van der Waals surface area (Å²) in [5, 5.41) is 5.41. The Balaban J connectivity index is 1.86. The van der Waals surface area contributed by atoms with Crippen LogP contribution in [0.25, 0.3) is 10.9 Å². The molecule has 1 N–H and O–H groups in total. The molecule has 0 bridgehead atoms. The molecule has 0 radical (unpaired) electrons. The van der Waals surface area contributed by atoms with Crippen LogP contribution in [0.5, 0.6) is 0 Å². The molecular weight excluding hydrogens is 346 g/mol. The molecule has 2 aromatic carbocycles. The molecule has 4 nitrogen and oxygen atoms in total. The Morgan fingerprint density at radius 2 is 1.96 bits per heavy atom. The van der Waals surface area contributed by atoms with Crippen LogP contribution in [-0.4, -0.2) is 16.9 Å². The summed E-state index contributed by atoms with van der Waals surface area (Å²) >= 11 is 6.01. The van der Waals surface area contributed by atoms with E-state index in [0.717, 1.165) is 34.3 Å². The third kappa shape index (κ3) is 2.90. The van der Waals surface area contributed by atoms with Gasteiger partial charge in [-0.25, -0.2) is 0 Å². The smallest absolute Gasteiger partial charge is 0.224 e. The number of aromatic nitrogens is 1. The summed E-state index contributed by atoms with van der Waals surface area (Å²) in [4.78, 5) is 18.7. The largest absolute Gasteiger partial charge is 0.378 e. The highest BCUT2D eigenvalue weighted by atomic mass is 35.5. The van der Waals surface area contributed by atoms with Gasteiger partial charge in [0.15, 0.2) is 0 Å². The van der Waals surface area contributed by atoms with Crippen molar-refractivity contribution in [2.24, 2.45) is 0 Å². The maximum Gasteiger partial charge on any atom is 0.224 e. The van der Waals surface area contributed by atoms with E-state index in [1.807, 2.05) is 47.4 Å². The van der Waals surface area contributed by atoms with E-state index >= 15 is 0 Å². The summed E-state index contributed by atoms with van der Waals surface area (Å²) in [5.74, 6) is 0.0620. The van der Waals surface area contributed by atoms with E-state index < -0.39 is 0 Å². The lowest BCUT2D eigenvalue weighted by Gasteiger charge is -2.40. The molecule has 26 heavy (non-hydrogen) atoms. The Morgan fingerprint density at radius 1 is 1.19 bits per heavy atom. The standard InChI is InChI=1S/C21H20ClN3O/c1-13-12-19(24-16-7-5-15(22)6-8-16)21-17-4-3-11-23-18(17)9-10-20(21)25(13)14(2)26/h3-11,13,19,24H,12H2,1-2H3. The number of halogens is 1.